The van der Waals surface area contributed by atoms with Crippen molar-refractivity contribution in [1.82, 2.24) is 4.98 Å². The lowest BCUT2D eigenvalue weighted by Crippen LogP contribution is -1.97. The number of hydrogen-bond donors (Lipinski definition) is 0. The second kappa shape index (κ2) is 4.14. The molecule has 0 amide bonds. The zero-order valence-electron chi connectivity index (χ0n) is 6.38. The first-order valence-electron chi connectivity index (χ1n) is 3.21. The summed E-state index contributed by atoms with van der Waals surface area (Å²) in [6.07, 6.45) is -2.09. The van der Waals surface area contributed by atoms with Crippen LogP contribution < -0.4 is 0 Å². The standard InChI is InChI=1S/C6H2BrClF2N2O2/c7-5-4(12(13)14)3(8)2(1-11-5)6(9)10/h1,6H. The monoisotopic (exact) mass is 286 g/mol. The van der Waals surface area contributed by atoms with Gasteiger partial charge in [-0.1, -0.05) is 11.6 Å². The molecule has 0 N–H and O–H groups in total. The highest BCUT2D eigenvalue weighted by Gasteiger charge is 2.25. The van der Waals surface area contributed by atoms with Crippen molar-refractivity contribution < 1.29 is 13.7 Å². The molecule has 0 aliphatic rings. The molecule has 0 aliphatic carbocycles. The molecule has 0 aliphatic heterocycles. The number of halogens is 4. The first kappa shape index (κ1) is 11.3. The summed E-state index contributed by atoms with van der Waals surface area (Å²) in [6, 6.07) is 0. The molecule has 8 heteroatoms. The molecule has 0 bridgehead atoms. The van der Waals surface area contributed by atoms with E-state index in [2.05, 4.69) is 20.9 Å². The van der Waals surface area contributed by atoms with Gasteiger partial charge < -0.3 is 0 Å². The topological polar surface area (TPSA) is 56.0 Å². The van der Waals surface area contributed by atoms with Crippen LogP contribution in [0.5, 0.6) is 0 Å². The maximum Gasteiger partial charge on any atom is 0.320 e. The van der Waals surface area contributed by atoms with Crippen LogP contribution in [0.25, 0.3) is 0 Å². The van der Waals surface area contributed by atoms with Crippen LogP contribution in [0.2, 0.25) is 5.02 Å². The lowest BCUT2D eigenvalue weighted by Gasteiger charge is -2.03. The lowest BCUT2D eigenvalue weighted by molar-refractivity contribution is -0.386. The second-order valence-electron chi connectivity index (χ2n) is 2.22. The van der Waals surface area contributed by atoms with E-state index in [4.69, 9.17) is 11.6 Å². The molecular weight excluding hydrogens is 285 g/mol. The van der Waals surface area contributed by atoms with Crippen LogP contribution in [-0.4, -0.2) is 9.91 Å². The van der Waals surface area contributed by atoms with Gasteiger partial charge in [0.1, 0.15) is 5.02 Å². The van der Waals surface area contributed by atoms with E-state index < -0.39 is 27.6 Å². The molecule has 0 saturated carbocycles. The van der Waals surface area contributed by atoms with Crippen molar-refractivity contribution >= 4 is 33.2 Å². The molecule has 0 unspecified atom stereocenters. The molecule has 1 aromatic rings. The normalized spacial score (nSPS) is 10.6. The Balaban J connectivity index is 3.41. The van der Waals surface area contributed by atoms with Crippen LogP contribution in [0.15, 0.2) is 10.8 Å². The van der Waals surface area contributed by atoms with Gasteiger partial charge in [0.05, 0.1) is 10.5 Å². The van der Waals surface area contributed by atoms with Gasteiger partial charge in [-0.25, -0.2) is 13.8 Å². The van der Waals surface area contributed by atoms with E-state index in [1.165, 1.54) is 0 Å². The third kappa shape index (κ3) is 1.98. The van der Waals surface area contributed by atoms with E-state index in [1.54, 1.807) is 0 Å². The van der Waals surface area contributed by atoms with Crippen molar-refractivity contribution in [3.05, 3.63) is 31.5 Å². The van der Waals surface area contributed by atoms with Gasteiger partial charge >= 0.3 is 5.69 Å². The van der Waals surface area contributed by atoms with Gasteiger partial charge in [0.15, 0.2) is 4.60 Å². The average Bonchev–Trinajstić information content (AvgIpc) is 2.02. The molecule has 1 heterocycles. The van der Waals surface area contributed by atoms with Gasteiger partial charge in [-0.2, -0.15) is 0 Å². The highest BCUT2D eigenvalue weighted by molar-refractivity contribution is 9.10. The summed E-state index contributed by atoms with van der Waals surface area (Å²) in [6.45, 7) is 0. The summed E-state index contributed by atoms with van der Waals surface area (Å²) in [5.41, 5.74) is -1.30. The van der Waals surface area contributed by atoms with Crippen molar-refractivity contribution in [2.45, 2.75) is 6.43 Å². The molecule has 0 fully saturated rings. The van der Waals surface area contributed by atoms with Gasteiger partial charge in [-0.3, -0.25) is 10.1 Å². The summed E-state index contributed by atoms with van der Waals surface area (Å²) in [4.78, 5) is 12.9. The first-order valence-corrected chi connectivity index (χ1v) is 4.38. The number of hydrogen-bond acceptors (Lipinski definition) is 3. The minimum Gasteiger partial charge on any atom is -0.258 e. The fourth-order valence-electron chi connectivity index (χ4n) is 0.779. The zero-order valence-corrected chi connectivity index (χ0v) is 8.72. The Morgan fingerprint density at radius 2 is 2.21 bits per heavy atom. The van der Waals surface area contributed by atoms with Gasteiger partial charge in [0, 0.05) is 6.20 Å². The molecule has 0 radical (unpaired) electrons. The van der Waals surface area contributed by atoms with Crippen LogP contribution in [0.1, 0.15) is 12.0 Å². The molecule has 4 nitrogen and oxygen atoms in total. The molecule has 1 aromatic heterocycles. The number of nitrogens with zero attached hydrogens (tertiary/aromatic N) is 2. The van der Waals surface area contributed by atoms with E-state index >= 15 is 0 Å². The maximum absolute atomic E-state index is 12.2. The molecule has 0 saturated heterocycles. The van der Waals surface area contributed by atoms with Crippen LogP contribution in [0, 0.1) is 10.1 Å². The molecule has 76 valence electrons. The maximum atomic E-state index is 12.2. The van der Waals surface area contributed by atoms with E-state index in [-0.39, 0.29) is 4.60 Å². The van der Waals surface area contributed by atoms with Crippen molar-refractivity contribution in [1.29, 1.82) is 0 Å². The largest absolute Gasteiger partial charge is 0.320 e. The molecule has 0 atom stereocenters. The minimum atomic E-state index is -2.89. The fourth-order valence-corrected chi connectivity index (χ4v) is 1.63. The summed E-state index contributed by atoms with van der Waals surface area (Å²) < 4.78 is 24.3. The van der Waals surface area contributed by atoms with E-state index in [9.17, 15) is 18.9 Å². The predicted molar refractivity (Wildman–Crippen MR) is 48.6 cm³/mol. The first-order chi connectivity index (χ1) is 6.45. The minimum absolute atomic E-state index is 0.170. The molecule has 0 aromatic carbocycles. The van der Waals surface area contributed by atoms with Gasteiger partial charge in [-0.05, 0) is 15.9 Å². The van der Waals surface area contributed by atoms with Gasteiger partial charge in [-0.15, -0.1) is 0 Å². The molecular formula is C6H2BrClF2N2O2. The lowest BCUT2D eigenvalue weighted by atomic mass is 10.3. The quantitative estimate of drug-likeness (QED) is 0.476. The Bertz CT molecular complexity index is 388. The number of pyridine rings is 1. The summed E-state index contributed by atoms with van der Waals surface area (Å²) in [5, 5.41) is 9.83. The van der Waals surface area contributed by atoms with Crippen molar-refractivity contribution in [2.24, 2.45) is 0 Å². The zero-order chi connectivity index (χ0) is 10.9. The van der Waals surface area contributed by atoms with Crippen LogP contribution in [0.3, 0.4) is 0 Å². The summed E-state index contributed by atoms with van der Waals surface area (Å²) >= 11 is 8.16. The van der Waals surface area contributed by atoms with Gasteiger partial charge in [0.2, 0.25) is 0 Å². The Hall–Kier alpha value is -0.820. The Labute approximate surface area is 90.2 Å². The molecule has 0 spiro atoms. The average molecular weight is 287 g/mol. The highest BCUT2D eigenvalue weighted by Crippen LogP contribution is 2.37. The molecule has 14 heavy (non-hydrogen) atoms. The van der Waals surface area contributed by atoms with E-state index in [0.717, 1.165) is 6.20 Å². The second-order valence-corrected chi connectivity index (χ2v) is 3.35. The number of aromatic nitrogens is 1. The van der Waals surface area contributed by atoms with Crippen LogP contribution in [0.4, 0.5) is 14.5 Å². The number of alkyl halides is 2. The smallest absolute Gasteiger partial charge is 0.258 e. The van der Waals surface area contributed by atoms with Crippen LogP contribution in [-0.2, 0) is 0 Å². The Morgan fingerprint density at radius 1 is 1.64 bits per heavy atom. The Morgan fingerprint density at radius 3 is 2.64 bits per heavy atom. The fraction of sp³-hybridized carbons (Fsp3) is 0.167. The predicted octanol–water partition coefficient (Wildman–Crippen LogP) is 3.34. The summed E-state index contributed by atoms with van der Waals surface area (Å²) in [5.74, 6) is 0. The Kier molecular flexibility index (Phi) is 3.33. The van der Waals surface area contributed by atoms with E-state index in [0.29, 0.717) is 0 Å². The molecule has 1 rings (SSSR count). The third-order valence-electron chi connectivity index (χ3n) is 1.39. The van der Waals surface area contributed by atoms with E-state index in [1.807, 2.05) is 0 Å². The van der Waals surface area contributed by atoms with Crippen molar-refractivity contribution in [3.63, 3.8) is 0 Å². The highest BCUT2D eigenvalue weighted by atomic mass is 79.9. The van der Waals surface area contributed by atoms with Gasteiger partial charge in [0.25, 0.3) is 6.43 Å². The third-order valence-corrected chi connectivity index (χ3v) is 2.37. The number of nitro groups is 1. The van der Waals surface area contributed by atoms with Crippen molar-refractivity contribution in [2.75, 3.05) is 0 Å². The number of rotatable bonds is 2. The summed E-state index contributed by atoms with van der Waals surface area (Å²) in [7, 11) is 0. The van der Waals surface area contributed by atoms with Crippen molar-refractivity contribution in [3.8, 4) is 0 Å². The SMILES string of the molecule is O=[N+]([O-])c1c(Br)ncc(C(F)F)c1Cl. The van der Waals surface area contributed by atoms with Crippen LogP contribution >= 0.6 is 27.5 Å².